The number of hydrogen-bond acceptors (Lipinski definition) is 32. The van der Waals surface area contributed by atoms with Gasteiger partial charge in [-0.25, -0.2) is 19.6 Å². The van der Waals surface area contributed by atoms with Crippen LogP contribution < -0.4 is 26.6 Å². The SMILES string of the molecule is COCCOCCOCCOCCOCCOCCOCCOCCOCCOCCOCCOCCOCCOCCOCCOCCOCCCc1cc(NC[C@H](C)NC[C@@H](N)C(C)C)ccc1COC(=O)N(CCOC12CC3(C)CC(C)(CC(Cn4ncc(-c5ccc(N6CCc7cccc(C(=O)Nc8nc9ccccc9s8)c7C6)nc5C(=O)O)c4C)(C3)C1)C2)CCS(=O)(=O)O. The molecule has 11 rings (SSSR count). The molecule has 6 aromatic rings. The summed E-state index contributed by atoms with van der Waals surface area (Å²) in [6.45, 7) is 30.8. The highest BCUT2D eigenvalue weighted by molar-refractivity contribution is 7.85. The summed E-state index contributed by atoms with van der Waals surface area (Å²) in [5, 5.41) is 26.4. The van der Waals surface area contributed by atoms with Gasteiger partial charge in [-0.15, -0.1) is 0 Å². The van der Waals surface area contributed by atoms with Crippen LogP contribution in [0.4, 0.5) is 21.4 Å². The van der Waals surface area contributed by atoms with Crippen LogP contribution in [0.5, 0.6) is 0 Å². The number of thiazole rings is 1. The lowest BCUT2D eigenvalue weighted by atomic mass is 9.39. The Morgan fingerprint density at radius 3 is 1.61 bits per heavy atom. The van der Waals surface area contributed by atoms with Gasteiger partial charge in [-0.1, -0.05) is 69.4 Å². The maximum absolute atomic E-state index is 14.3. The Balaban J connectivity index is 0.572. The average Bonchev–Trinajstić information content (AvgIpc) is 0.747. The number of pyridine rings is 1. The van der Waals surface area contributed by atoms with Crippen molar-refractivity contribution < 1.29 is 122 Å². The molecule has 7 N–H and O–H groups in total. The number of anilines is 3. The number of methoxy groups -OCH3 is 1. The van der Waals surface area contributed by atoms with E-state index in [2.05, 4.69) is 61.6 Å². The van der Waals surface area contributed by atoms with Crippen LogP contribution in [0.25, 0.3) is 21.3 Å². The van der Waals surface area contributed by atoms with E-state index in [1.807, 2.05) is 83.2 Å². The molecular formula is C96H148N10O26S2. The lowest BCUT2D eigenvalue weighted by Crippen LogP contribution is -2.64. The van der Waals surface area contributed by atoms with Crippen molar-refractivity contribution in [2.45, 2.75) is 137 Å². The van der Waals surface area contributed by atoms with Gasteiger partial charge in [0.2, 0.25) is 0 Å². The number of amides is 2. The van der Waals surface area contributed by atoms with Crippen molar-refractivity contribution in [2.75, 3.05) is 286 Å². The van der Waals surface area contributed by atoms with Crippen molar-refractivity contribution in [3.05, 3.63) is 118 Å². The van der Waals surface area contributed by atoms with E-state index in [-0.39, 0.29) is 66.2 Å². The number of ether oxygens (including phenoxy) is 19. The summed E-state index contributed by atoms with van der Waals surface area (Å²) < 4.78 is 145. The number of carbonyl (C=O) groups is 3. The van der Waals surface area contributed by atoms with Crippen molar-refractivity contribution in [2.24, 2.45) is 27.9 Å². The zero-order valence-electron chi connectivity index (χ0n) is 79.8. The van der Waals surface area contributed by atoms with Gasteiger partial charge in [-0.3, -0.25) is 19.3 Å². The predicted molar refractivity (Wildman–Crippen MR) is 508 cm³/mol. The van der Waals surface area contributed by atoms with Crippen LogP contribution in [-0.2, 0) is 133 Å². The fourth-order valence-corrected chi connectivity index (χ4v) is 19.8. The average molecular weight is 1920 g/mol. The highest BCUT2D eigenvalue weighted by atomic mass is 32.2. The number of aromatic carboxylic acids is 1. The van der Waals surface area contributed by atoms with Crippen molar-refractivity contribution in [1.29, 1.82) is 0 Å². The molecule has 4 aliphatic carbocycles. The summed E-state index contributed by atoms with van der Waals surface area (Å²) in [7, 11) is -2.84. The van der Waals surface area contributed by atoms with Crippen LogP contribution in [0.15, 0.2) is 79.0 Å². The lowest BCUT2D eigenvalue weighted by molar-refractivity contribution is -0.248. The normalized spacial score (nSPS) is 18.6. The Bertz CT molecular complexity index is 4480. The molecule has 4 fully saturated rings. The first-order chi connectivity index (χ1) is 64.9. The molecule has 0 spiro atoms. The molecule has 4 bridgehead atoms. The number of aromatic nitrogens is 4. The van der Waals surface area contributed by atoms with Crippen LogP contribution in [0.3, 0.4) is 0 Å². The summed E-state index contributed by atoms with van der Waals surface area (Å²) >= 11 is 1.41. The predicted octanol–water partition coefficient (Wildman–Crippen LogP) is 10.3. The number of nitrogens with two attached hydrogens (primary N) is 1. The van der Waals surface area contributed by atoms with E-state index in [1.165, 1.54) is 16.2 Å². The topological polar surface area (TPSA) is 413 Å². The summed E-state index contributed by atoms with van der Waals surface area (Å²) in [6.07, 6.45) is 8.07. The van der Waals surface area contributed by atoms with Gasteiger partial charge in [0, 0.05) is 99.7 Å². The number of nitrogens with one attached hydrogen (secondary N) is 3. The molecule has 2 amide bonds. The van der Waals surface area contributed by atoms with Gasteiger partial charge in [0.1, 0.15) is 12.4 Å². The number of aryl methyl sites for hydroxylation is 1. The Morgan fingerprint density at radius 2 is 1.10 bits per heavy atom. The van der Waals surface area contributed by atoms with E-state index in [4.69, 9.17) is 106 Å². The van der Waals surface area contributed by atoms with E-state index in [0.717, 1.165) is 76.0 Å². The fraction of sp³-hybridized carbons (Fsp3) is 0.688. The first-order valence-corrected chi connectivity index (χ1v) is 49.7. The number of carbonyl (C=O) groups excluding carboxylic acids is 2. The molecular weight excluding hydrogens is 1770 g/mol. The molecule has 4 atom stereocenters. The van der Waals surface area contributed by atoms with Gasteiger partial charge in [-0.05, 0) is 159 Å². The smallest absolute Gasteiger partial charge is 0.410 e. The van der Waals surface area contributed by atoms with E-state index in [9.17, 15) is 32.5 Å². The maximum Gasteiger partial charge on any atom is 0.410 e. The van der Waals surface area contributed by atoms with E-state index in [1.54, 1.807) is 13.3 Å². The molecule has 38 heteroatoms. The second-order valence-electron chi connectivity index (χ2n) is 35.7. The van der Waals surface area contributed by atoms with Gasteiger partial charge in [0.05, 0.1) is 246 Å². The highest BCUT2D eigenvalue weighted by Gasteiger charge is 2.66. The van der Waals surface area contributed by atoms with Gasteiger partial charge in [-0.2, -0.15) is 13.5 Å². The number of fused-ring (bicyclic) bond motifs is 2. The fourth-order valence-electron chi connectivity index (χ4n) is 18.5. The Hall–Kier alpha value is -7.17. The van der Waals surface area contributed by atoms with Crippen molar-refractivity contribution in [3.8, 4) is 11.1 Å². The molecule has 0 saturated heterocycles. The zero-order chi connectivity index (χ0) is 95.1. The van der Waals surface area contributed by atoms with Gasteiger partial charge >= 0.3 is 12.1 Å². The molecule has 4 heterocycles. The first kappa shape index (κ1) is 109. The van der Waals surface area contributed by atoms with Crippen LogP contribution in [0.1, 0.15) is 128 Å². The number of rotatable bonds is 75. The van der Waals surface area contributed by atoms with Crippen LogP contribution in [0, 0.1) is 29.1 Å². The molecule has 4 saturated carbocycles. The zero-order valence-corrected chi connectivity index (χ0v) is 81.4. The van der Waals surface area contributed by atoms with Gasteiger partial charge in [0.15, 0.2) is 10.8 Å². The molecule has 2 unspecified atom stereocenters. The van der Waals surface area contributed by atoms with Crippen molar-refractivity contribution >= 4 is 66.3 Å². The molecule has 5 aliphatic rings. The monoisotopic (exact) mass is 1920 g/mol. The molecule has 3 aromatic carbocycles. The second kappa shape index (κ2) is 58.7. The molecule has 0 radical (unpaired) electrons. The van der Waals surface area contributed by atoms with E-state index in [0.29, 0.717) is 310 Å². The summed E-state index contributed by atoms with van der Waals surface area (Å²) in [6, 6.07) is 23.2. The van der Waals surface area contributed by atoms with Crippen LogP contribution in [0.2, 0.25) is 0 Å². The number of carboxylic acid groups (broad SMARTS) is 1. The minimum absolute atomic E-state index is 0.00669. The second-order valence-corrected chi connectivity index (χ2v) is 38.3. The molecule has 750 valence electrons. The minimum Gasteiger partial charge on any atom is -0.476 e. The van der Waals surface area contributed by atoms with Gasteiger partial charge < -0.3 is 121 Å². The minimum atomic E-state index is -4.48. The Labute approximate surface area is 794 Å². The van der Waals surface area contributed by atoms with E-state index < -0.39 is 33.5 Å². The number of carboxylic acids is 1. The third kappa shape index (κ3) is 38.2. The lowest BCUT2D eigenvalue weighted by Gasteiger charge is -2.69. The summed E-state index contributed by atoms with van der Waals surface area (Å²) in [5.41, 5.74) is 13.0. The van der Waals surface area contributed by atoms with Crippen LogP contribution >= 0.6 is 11.3 Å². The molecule has 134 heavy (non-hydrogen) atoms. The third-order valence-corrected chi connectivity index (χ3v) is 25.7. The Kier molecular flexibility index (Phi) is 47.6. The summed E-state index contributed by atoms with van der Waals surface area (Å²) in [4.78, 5) is 54.2. The van der Waals surface area contributed by atoms with Gasteiger partial charge in [0.25, 0.3) is 16.0 Å². The van der Waals surface area contributed by atoms with Crippen molar-refractivity contribution in [1.82, 2.24) is 30.0 Å². The standard InChI is InChI=1S/C96H148N10O26S2/c1-73(2)84(97)63-98-74(3)61-99-79-18-17-78(77(60-79)13-11-25-115-29-30-117-33-34-119-37-38-121-41-42-123-45-46-125-49-50-127-53-54-129-57-58-130-56-55-128-52-51-126-48-47-124-44-43-122-40-39-120-36-35-118-32-31-116-28-27-114-7)65-131-92(110)104(24-59-134(111,112)113)23-26-132-96-69-93(5)66-94(6,70-96)68-95(67-93,71-96)72-106-75(4)82(62-100-106)80-19-20-87(102-88(80)90(108)109)105-22-21-76-12-10-14-81(83(76)64-105)89(107)103-91-101-85-15-8-9-16-86(85)133-91/h8-10,12,14-20,60,62,73-74,84,98-99H,11,13,21-59,61,63-72,97H2,1-7H3,(H,108,109)(H,101,103,107)(H,111,112,113)/t74-,84+,93?,94?,95?,96?/m0/s1. The number of benzene rings is 3. The van der Waals surface area contributed by atoms with Crippen LogP contribution in [-0.4, -0.2) is 349 Å². The Morgan fingerprint density at radius 1 is 0.582 bits per heavy atom. The summed E-state index contributed by atoms with van der Waals surface area (Å²) in [5.74, 6) is -1.31. The number of nitrogens with zero attached hydrogens (tertiary/aromatic N) is 6. The van der Waals surface area contributed by atoms with Crippen molar-refractivity contribution in [3.63, 3.8) is 0 Å². The van der Waals surface area contributed by atoms with E-state index >= 15 is 0 Å². The first-order valence-electron chi connectivity index (χ1n) is 47.3. The third-order valence-electron chi connectivity index (χ3n) is 24.1. The molecule has 36 nitrogen and oxygen atoms in total. The molecule has 1 aliphatic heterocycles. The highest BCUT2D eigenvalue weighted by Crippen LogP contribution is 2.72. The molecule has 3 aromatic heterocycles. The number of para-hydroxylation sites is 1. The quantitative estimate of drug-likeness (QED) is 0.0153. The largest absolute Gasteiger partial charge is 0.476 e. The number of hydrogen-bond donors (Lipinski definition) is 6. The maximum atomic E-state index is 14.3.